The molecule has 2 aromatic heterocycles. The van der Waals surface area contributed by atoms with Gasteiger partial charge in [0.2, 0.25) is 0 Å². The van der Waals surface area contributed by atoms with Crippen molar-refractivity contribution in [2.75, 3.05) is 32.4 Å². The molecule has 0 aliphatic heterocycles. The van der Waals surface area contributed by atoms with E-state index in [1.807, 2.05) is 0 Å². The second kappa shape index (κ2) is 7.97. The first-order valence-electron chi connectivity index (χ1n) is 7.24. The molecular formula is C12H20N5O6P. The molecule has 2 rings (SSSR count). The fourth-order valence-corrected chi connectivity index (χ4v) is 2.77. The van der Waals surface area contributed by atoms with Gasteiger partial charge in [0, 0.05) is 26.2 Å². The van der Waals surface area contributed by atoms with Crippen molar-refractivity contribution in [1.29, 1.82) is 0 Å². The largest absolute Gasteiger partial charge is 0.394 e. The summed E-state index contributed by atoms with van der Waals surface area (Å²) in [6, 6.07) is 0. The summed E-state index contributed by atoms with van der Waals surface area (Å²) in [7, 11) is -4.16. The van der Waals surface area contributed by atoms with Crippen LogP contribution < -0.4 is 5.56 Å². The van der Waals surface area contributed by atoms with Gasteiger partial charge in [0.05, 0.1) is 31.5 Å². The summed E-state index contributed by atoms with van der Waals surface area (Å²) in [5, 5.41) is 18.5. The normalized spacial score (nSPS) is 13.7. The number of aromatic amines is 1. The summed E-state index contributed by atoms with van der Waals surface area (Å²) >= 11 is 0. The van der Waals surface area contributed by atoms with E-state index in [1.54, 1.807) is 9.47 Å². The number of aromatic nitrogens is 4. The summed E-state index contributed by atoms with van der Waals surface area (Å²) in [6.07, 6.45) is 1.36. The Hall–Kier alpha value is -1.62. The summed E-state index contributed by atoms with van der Waals surface area (Å²) in [5.41, 5.74) is 0.249. The van der Waals surface area contributed by atoms with Crippen LogP contribution in [0.4, 0.5) is 0 Å². The van der Waals surface area contributed by atoms with E-state index in [1.165, 1.54) is 12.7 Å². The van der Waals surface area contributed by atoms with E-state index in [-0.39, 0.29) is 30.3 Å². The first-order chi connectivity index (χ1) is 11.3. The van der Waals surface area contributed by atoms with Gasteiger partial charge in [0.25, 0.3) is 5.56 Å². The number of aliphatic hydroxyl groups excluding tert-OH is 2. The van der Waals surface area contributed by atoms with Crippen molar-refractivity contribution < 1.29 is 24.6 Å². The molecule has 0 fully saturated rings. The molecule has 0 aliphatic rings. The summed E-state index contributed by atoms with van der Waals surface area (Å²) in [6.45, 7) is 0.361. The van der Waals surface area contributed by atoms with Crippen LogP contribution in [0.3, 0.4) is 0 Å². The van der Waals surface area contributed by atoms with E-state index in [0.29, 0.717) is 18.7 Å². The quantitative estimate of drug-likeness (QED) is 0.316. The van der Waals surface area contributed by atoms with E-state index >= 15 is 0 Å². The number of imidazole rings is 1. The Morgan fingerprint density at radius 1 is 1.33 bits per heavy atom. The third-order valence-corrected chi connectivity index (χ3v) is 4.23. The second-order valence-electron chi connectivity index (χ2n) is 5.37. The van der Waals surface area contributed by atoms with Crippen LogP contribution in [0.5, 0.6) is 0 Å². The van der Waals surface area contributed by atoms with Gasteiger partial charge in [-0.15, -0.1) is 0 Å². The number of nitrogens with zero attached hydrogens (tertiary/aromatic N) is 4. The van der Waals surface area contributed by atoms with Crippen molar-refractivity contribution in [2.45, 2.75) is 12.6 Å². The maximum atomic E-state index is 11.6. The Morgan fingerprint density at radius 3 is 2.75 bits per heavy atom. The van der Waals surface area contributed by atoms with Gasteiger partial charge in [-0.2, -0.15) is 0 Å². The molecule has 24 heavy (non-hydrogen) atoms. The van der Waals surface area contributed by atoms with Crippen molar-refractivity contribution in [2.24, 2.45) is 0 Å². The maximum absolute atomic E-state index is 11.6. The Morgan fingerprint density at radius 2 is 2.08 bits per heavy atom. The van der Waals surface area contributed by atoms with Gasteiger partial charge < -0.3 is 29.6 Å². The van der Waals surface area contributed by atoms with Crippen molar-refractivity contribution in [3.05, 3.63) is 23.0 Å². The minimum Gasteiger partial charge on any atom is -0.394 e. The van der Waals surface area contributed by atoms with Gasteiger partial charge in [-0.1, -0.05) is 0 Å². The first kappa shape index (κ1) is 18.7. The zero-order chi connectivity index (χ0) is 17.7. The average molecular weight is 361 g/mol. The van der Waals surface area contributed by atoms with E-state index in [0.717, 1.165) is 0 Å². The Bertz CT molecular complexity index is 771. The highest BCUT2D eigenvalue weighted by Gasteiger charge is 2.18. The van der Waals surface area contributed by atoms with Crippen molar-refractivity contribution >= 4 is 18.8 Å². The number of hydrogen-bond donors (Lipinski definition) is 5. The van der Waals surface area contributed by atoms with Gasteiger partial charge in [-0.3, -0.25) is 14.3 Å². The maximum Gasteiger partial charge on any atom is 0.326 e. The predicted octanol–water partition coefficient (Wildman–Crippen LogP) is -2.05. The molecule has 2 aromatic rings. The highest BCUT2D eigenvalue weighted by molar-refractivity contribution is 7.51. The minimum atomic E-state index is -4.16. The Labute approximate surface area is 136 Å². The standard InChI is InChI=1S/C12H20N5O6P/c18-6-9(19)5-16(3-4-24(21,22)23)1-2-17-8-15-10-11(17)13-7-14-12(10)20/h7-9,18-19H,1-6H2,(H,13,14,20)(H2,21,22,23). The number of aliphatic hydroxyl groups is 2. The molecule has 2 heterocycles. The molecule has 0 bridgehead atoms. The molecule has 5 N–H and O–H groups in total. The molecule has 0 spiro atoms. The highest BCUT2D eigenvalue weighted by atomic mass is 31.2. The van der Waals surface area contributed by atoms with Crippen molar-refractivity contribution in [3.8, 4) is 0 Å². The molecule has 1 atom stereocenters. The Balaban J connectivity index is 2.06. The van der Waals surface area contributed by atoms with E-state index in [9.17, 15) is 14.5 Å². The predicted molar refractivity (Wildman–Crippen MR) is 84.6 cm³/mol. The highest BCUT2D eigenvalue weighted by Crippen LogP contribution is 2.33. The molecule has 0 saturated carbocycles. The topological polar surface area (TPSA) is 165 Å². The molecule has 0 amide bonds. The monoisotopic (exact) mass is 361 g/mol. The lowest BCUT2D eigenvalue weighted by atomic mass is 10.3. The van der Waals surface area contributed by atoms with Gasteiger partial charge in [-0.05, 0) is 0 Å². The van der Waals surface area contributed by atoms with E-state index in [4.69, 9.17) is 14.9 Å². The van der Waals surface area contributed by atoms with E-state index in [2.05, 4.69) is 15.0 Å². The molecule has 0 aromatic carbocycles. The van der Waals surface area contributed by atoms with Crippen molar-refractivity contribution in [1.82, 2.24) is 24.4 Å². The van der Waals surface area contributed by atoms with Crippen LogP contribution in [0.1, 0.15) is 0 Å². The van der Waals surface area contributed by atoms with Gasteiger partial charge in [0.1, 0.15) is 0 Å². The number of rotatable bonds is 9. The SMILES string of the molecule is O=c1[nH]cnc2c1ncn2CCN(CCP(=O)(O)O)CC(O)CO. The smallest absolute Gasteiger partial charge is 0.326 e. The fraction of sp³-hybridized carbons (Fsp3) is 0.583. The van der Waals surface area contributed by atoms with Gasteiger partial charge in [-0.25, -0.2) is 9.97 Å². The Kier molecular flexibility index (Phi) is 6.21. The first-order valence-corrected chi connectivity index (χ1v) is 9.04. The summed E-state index contributed by atoms with van der Waals surface area (Å²) in [4.78, 5) is 41.7. The van der Waals surface area contributed by atoms with Crippen LogP contribution in [0, 0.1) is 0 Å². The zero-order valence-corrected chi connectivity index (χ0v) is 13.7. The number of nitrogens with one attached hydrogen (secondary N) is 1. The van der Waals surface area contributed by atoms with Crippen LogP contribution >= 0.6 is 7.60 Å². The molecule has 0 saturated heterocycles. The third kappa shape index (κ3) is 5.20. The molecule has 0 aliphatic carbocycles. The molecular weight excluding hydrogens is 341 g/mol. The zero-order valence-electron chi connectivity index (χ0n) is 12.8. The van der Waals surface area contributed by atoms with Crippen LogP contribution in [0.15, 0.2) is 17.4 Å². The lowest BCUT2D eigenvalue weighted by molar-refractivity contribution is 0.0596. The van der Waals surface area contributed by atoms with Crippen LogP contribution in [-0.2, 0) is 11.1 Å². The third-order valence-electron chi connectivity index (χ3n) is 3.45. The van der Waals surface area contributed by atoms with Gasteiger partial charge >= 0.3 is 7.60 Å². The molecule has 0 radical (unpaired) electrons. The van der Waals surface area contributed by atoms with Crippen LogP contribution in [0.25, 0.3) is 11.2 Å². The summed E-state index contributed by atoms with van der Waals surface area (Å²) < 4.78 is 12.7. The lowest BCUT2D eigenvalue weighted by Gasteiger charge is -2.24. The van der Waals surface area contributed by atoms with Crippen molar-refractivity contribution in [3.63, 3.8) is 0 Å². The number of fused-ring (bicyclic) bond motifs is 1. The summed E-state index contributed by atoms with van der Waals surface area (Å²) in [5.74, 6) is 0. The molecule has 1 unspecified atom stereocenters. The minimum absolute atomic E-state index is 0.0575. The molecule has 11 nitrogen and oxygen atoms in total. The van der Waals surface area contributed by atoms with Crippen LogP contribution in [0.2, 0.25) is 0 Å². The van der Waals surface area contributed by atoms with Gasteiger partial charge in [0.15, 0.2) is 11.2 Å². The van der Waals surface area contributed by atoms with Crippen LogP contribution in [-0.4, -0.2) is 82.9 Å². The molecule has 12 heteroatoms. The second-order valence-corrected chi connectivity index (χ2v) is 7.14. The fourth-order valence-electron chi connectivity index (χ4n) is 2.23. The number of hydrogen-bond acceptors (Lipinski definition) is 7. The number of H-pyrrole nitrogens is 1. The average Bonchev–Trinajstić information content (AvgIpc) is 2.93. The van der Waals surface area contributed by atoms with E-state index < -0.39 is 20.3 Å². The molecule has 134 valence electrons. The lowest BCUT2D eigenvalue weighted by Crippen LogP contribution is -2.38.